The van der Waals surface area contributed by atoms with Crippen LogP contribution < -0.4 is 9.80 Å². The van der Waals surface area contributed by atoms with E-state index in [1.165, 1.54) is 24.8 Å². The lowest BCUT2D eigenvalue weighted by Gasteiger charge is -2.28. The van der Waals surface area contributed by atoms with Crippen molar-refractivity contribution in [2.75, 3.05) is 29.4 Å². The van der Waals surface area contributed by atoms with Crippen LogP contribution in [0, 0.1) is 5.41 Å². The van der Waals surface area contributed by atoms with Gasteiger partial charge in [-0.15, -0.1) is 0 Å². The molecule has 30 heavy (non-hydrogen) atoms. The highest BCUT2D eigenvalue weighted by molar-refractivity contribution is 5.97. The van der Waals surface area contributed by atoms with Crippen molar-refractivity contribution in [2.24, 2.45) is 0 Å². The van der Waals surface area contributed by atoms with Gasteiger partial charge < -0.3 is 15.2 Å². The third-order valence-corrected chi connectivity index (χ3v) is 5.98. The van der Waals surface area contributed by atoms with Gasteiger partial charge in [-0.05, 0) is 56.4 Å². The lowest BCUT2D eigenvalue weighted by atomic mass is 10.0. The minimum absolute atomic E-state index is 0.566. The molecular weight excluding hydrogens is 372 g/mol. The fourth-order valence-electron chi connectivity index (χ4n) is 4.38. The van der Waals surface area contributed by atoms with Gasteiger partial charge in [-0.25, -0.2) is 4.98 Å². The molecule has 0 atom stereocenters. The molecule has 3 aromatic rings. The Morgan fingerprint density at radius 2 is 1.87 bits per heavy atom. The SMILES string of the molecule is CC(=N)c1cccc(-c2nc(N3CCCCC3)nc3c2CCN3c2cccnc2)c1. The fourth-order valence-corrected chi connectivity index (χ4v) is 4.38. The topological polar surface area (TPSA) is 69.0 Å². The molecule has 1 fully saturated rings. The van der Waals surface area contributed by atoms with Crippen molar-refractivity contribution < 1.29 is 0 Å². The van der Waals surface area contributed by atoms with Gasteiger partial charge in [0.1, 0.15) is 5.82 Å². The molecule has 0 bridgehead atoms. The summed E-state index contributed by atoms with van der Waals surface area (Å²) in [5, 5.41) is 8.04. The van der Waals surface area contributed by atoms with Crippen LogP contribution in [0.1, 0.15) is 37.3 Å². The van der Waals surface area contributed by atoms with Crippen LogP contribution in [0.4, 0.5) is 17.5 Å². The first-order valence-electron chi connectivity index (χ1n) is 10.7. The molecule has 2 aliphatic heterocycles. The van der Waals surface area contributed by atoms with Crippen molar-refractivity contribution in [1.29, 1.82) is 5.41 Å². The van der Waals surface area contributed by atoms with E-state index in [2.05, 4.69) is 33.0 Å². The van der Waals surface area contributed by atoms with E-state index in [4.69, 9.17) is 15.4 Å². The number of pyridine rings is 1. The normalized spacial score (nSPS) is 15.9. The fraction of sp³-hybridized carbons (Fsp3) is 0.333. The maximum absolute atomic E-state index is 8.04. The molecule has 6 heteroatoms. The second-order valence-corrected chi connectivity index (χ2v) is 8.04. The number of aromatic nitrogens is 3. The van der Waals surface area contributed by atoms with Crippen molar-refractivity contribution in [3.05, 3.63) is 59.9 Å². The highest BCUT2D eigenvalue weighted by Gasteiger charge is 2.29. The lowest BCUT2D eigenvalue weighted by Crippen LogP contribution is -2.31. The summed E-state index contributed by atoms with van der Waals surface area (Å²) >= 11 is 0. The first-order chi connectivity index (χ1) is 14.7. The van der Waals surface area contributed by atoms with Crippen molar-refractivity contribution >= 4 is 23.2 Å². The number of benzene rings is 1. The average Bonchev–Trinajstić information content (AvgIpc) is 3.24. The van der Waals surface area contributed by atoms with Gasteiger partial charge in [0.15, 0.2) is 0 Å². The molecular formula is C24H26N6. The number of nitrogens with one attached hydrogen (secondary N) is 1. The average molecular weight is 399 g/mol. The summed E-state index contributed by atoms with van der Waals surface area (Å²) in [6.45, 7) is 4.71. The summed E-state index contributed by atoms with van der Waals surface area (Å²) in [7, 11) is 0. The maximum atomic E-state index is 8.04. The molecule has 1 N–H and O–H groups in total. The van der Waals surface area contributed by atoms with Gasteiger partial charge >= 0.3 is 0 Å². The van der Waals surface area contributed by atoms with E-state index in [1.54, 1.807) is 6.20 Å². The Labute approximate surface area is 177 Å². The number of hydrogen-bond acceptors (Lipinski definition) is 6. The standard InChI is InChI=1S/C24H26N6/c1-17(25)18-7-5-8-19(15-18)22-21-10-14-30(20-9-6-11-26-16-20)23(21)28-24(27-22)29-12-3-2-4-13-29/h5-9,11,15-16,25H,2-4,10,12-14H2,1H3. The first kappa shape index (κ1) is 18.7. The number of nitrogens with zero attached hydrogens (tertiary/aromatic N) is 5. The van der Waals surface area contributed by atoms with Gasteiger partial charge in [-0.1, -0.05) is 18.2 Å². The molecule has 152 valence electrons. The summed E-state index contributed by atoms with van der Waals surface area (Å²) < 4.78 is 0. The molecule has 0 saturated carbocycles. The minimum atomic E-state index is 0.566. The van der Waals surface area contributed by atoms with Gasteiger partial charge in [-0.2, -0.15) is 4.98 Å². The highest BCUT2D eigenvalue weighted by atomic mass is 15.3. The van der Waals surface area contributed by atoms with Crippen LogP contribution in [0.3, 0.4) is 0 Å². The van der Waals surface area contributed by atoms with E-state index in [0.717, 1.165) is 60.3 Å². The second-order valence-electron chi connectivity index (χ2n) is 8.04. The van der Waals surface area contributed by atoms with Crippen LogP contribution in [-0.4, -0.2) is 40.3 Å². The molecule has 0 unspecified atom stereocenters. The van der Waals surface area contributed by atoms with Crippen LogP contribution in [0.25, 0.3) is 11.3 Å². The number of piperidine rings is 1. The van der Waals surface area contributed by atoms with Gasteiger partial charge in [0.25, 0.3) is 0 Å². The van der Waals surface area contributed by atoms with Gasteiger partial charge in [0, 0.05) is 42.7 Å². The molecule has 0 spiro atoms. The molecule has 2 aromatic heterocycles. The zero-order valence-corrected chi connectivity index (χ0v) is 17.3. The monoisotopic (exact) mass is 398 g/mol. The summed E-state index contributed by atoms with van der Waals surface area (Å²) in [5.41, 5.74) is 5.80. The van der Waals surface area contributed by atoms with Crippen LogP contribution in [0.5, 0.6) is 0 Å². The number of rotatable bonds is 4. The Morgan fingerprint density at radius 3 is 2.63 bits per heavy atom. The van der Waals surface area contributed by atoms with Crippen molar-refractivity contribution in [1.82, 2.24) is 15.0 Å². The molecule has 0 aliphatic carbocycles. The van der Waals surface area contributed by atoms with Crippen LogP contribution in [0.15, 0.2) is 48.8 Å². The van der Waals surface area contributed by atoms with Crippen LogP contribution >= 0.6 is 0 Å². The number of fused-ring (bicyclic) bond motifs is 1. The van der Waals surface area contributed by atoms with Crippen molar-refractivity contribution in [3.63, 3.8) is 0 Å². The third-order valence-electron chi connectivity index (χ3n) is 5.98. The molecule has 2 aliphatic rings. The number of hydrogen-bond donors (Lipinski definition) is 1. The summed E-state index contributed by atoms with van der Waals surface area (Å²) in [4.78, 5) is 19.0. The van der Waals surface area contributed by atoms with E-state index in [1.807, 2.05) is 31.3 Å². The van der Waals surface area contributed by atoms with Crippen LogP contribution in [-0.2, 0) is 6.42 Å². The first-order valence-corrected chi connectivity index (χ1v) is 10.7. The molecule has 6 nitrogen and oxygen atoms in total. The summed E-state index contributed by atoms with van der Waals surface area (Å²) in [6, 6.07) is 12.2. The van der Waals surface area contributed by atoms with Gasteiger partial charge in [0.2, 0.25) is 5.95 Å². The Hall–Kier alpha value is -3.28. The Morgan fingerprint density at radius 1 is 1.00 bits per heavy atom. The van der Waals surface area contributed by atoms with Gasteiger partial charge in [0.05, 0.1) is 17.6 Å². The van der Waals surface area contributed by atoms with Gasteiger partial charge in [-0.3, -0.25) is 4.98 Å². The third kappa shape index (κ3) is 3.43. The van der Waals surface area contributed by atoms with E-state index in [-0.39, 0.29) is 0 Å². The zero-order chi connectivity index (χ0) is 20.5. The van der Waals surface area contributed by atoms with E-state index in [9.17, 15) is 0 Å². The molecule has 0 radical (unpaired) electrons. The predicted molar refractivity (Wildman–Crippen MR) is 121 cm³/mol. The largest absolute Gasteiger partial charge is 0.341 e. The summed E-state index contributed by atoms with van der Waals surface area (Å²) in [5.74, 6) is 1.81. The Bertz CT molecular complexity index is 1070. The molecule has 0 amide bonds. The van der Waals surface area contributed by atoms with E-state index >= 15 is 0 Å². The Kier molecular flexibility index (Phi) is 4.91. The lowest BCUT2D eigenvalue weighted by molar-refractivity contribution is 0.568. The van der Waals surface area contributed by atoms with Crippen molar-refractivity contribution in [3.8, 4) is 11.3 Å². The summed E-state index contributed by atoms with van der Waals surface area (Å²) in [6.07, 6.45) is 8.24. The predicted octanol–water partition coefficient (Wildman–Crippen LogP) is 4.61. The quantitative estimate of drug-likeness (QED) is 0.650. The minimum Gasteiger partial charge on any atom is -0.341 e. The van der Waals surface area contributed by atoms with Crippen molar-refractivity contribution in [2.45, 2.75) is 32.6 Å². The highest BCUT2D eigenvalue weighted by Crippen LogP contribution is 2.39. The number of anilines is 3. The van der Waals surface area contributed by atoms with E-state index in [0.29, 0.717) is 5.71 Å². The molecule has 5 rings (SSSR count). The van der Waals surface area contributed by atoms with E-state index < -0.39 is 0 Å². The molecule has 1 saturated heterocycles. The second kappa shape index (κ2) is 7.86. The molecule has 4 heterocycles. The maximum Gasteiger partial charge on any atom is 0.227 e. The molecule has 1 aromatic carbocycles. The smallest absolute Gasteiger partial charge is 0.227 e. The van der Waals surface area contributed by atoms with Crippen LogP contribution in [0.2, 0.25) is 0 Å². The Balaban J connectivity index is 1.66. The zero-order valence-electron chi connectivity index (χ0n) is 17.3.